The van der Waals surface area contributed by atoms with E-state index in [0.29, 0.717) is 19.1 Å². The van der Waals surface area contributed by atoms with Crippen LogP contribution < -0.4 is 10.1 Å². The van der Waals surface area contributed by atoms with Gasteiger partial charge in [-0.3, -0.25) is 0 Å². The summed E-state index contributed by atoms with van der Waals surface area (Å²) in [7, 11) is 0. The highest BCUT2D eigenvalue weighted by atomic mass is 79.9. The highest BCUT2D eigenvalue weighted by Crippen LogP contribution is 2.16. The van der Waals surface area contributed by atoms with Gasteiger partial charge in [-0.05, 0) is 34.3 Å². The largest absolute Gasteiger partial charge is 0.458 e. The smallest absolute Gasteiger partial charge is 0.317 e. The molecule has 3 rings (SSSR count). The first-order chi connectivity index (χ1) is 11.7. The maximum absolute atomic E-state index is 12.3. The Bertz CT molecular complexity index is 666. The molecule has 7 heteroatoms. The Balaban J connectivity index is 1.51. The van der Waals surface area contributed by atoms with Gasteiger partial charge in [-0.1, -0.05) is 30.3 Å². The number of likely N-dealkylation sites (tertiary alicyclic amines) is 1. The number of piperidine rings is 1. The molecule has 1 atom stereocenters. The number of hydrogen-bond acceptors (Lipinski definition) is 4. The van der Waals surface area contributed by atoms with Crippen LogP contribution in [-0.4, -0.2) is 40.1 Å². The summed E-state index contributed by atoms with van der Waals surface area (Å²) in [6.45, 7) is 1.80. The highest BCUT2D eigenvalue weighted by Gasteiger charge is 2.25. The van der Waals surface area contributed by atoms with Crippen molar-refractivity contribution in [3.63, 3.8) is 0 Å². The number of urea groups is 1. The fraction of sp³-hybridized carbons (Fsp3) is 0.353. The molecule has 1 aliphatic heterocycles. The molecule has 0 spiro atoms. The zero-order chi connectivity index (χ0) is 16.8. The minimum atomic E-state index is -0.0811. The van der Waals surface area contributed by atoms with Gasteiger partial charge >= 0.3 is 12.0 Å². The van der Waals surface area contributed by atoms with Crippen LogP contribution in [0.5, 0.6) is 6.01 Å². The van der Waals surface area contributed by atoms with E-state index in [2.05, 4.69) is 31.2 Å². The molecule has 0 aliphatic carbocycles. The van der Waals surface area contributed by atoms with Crippen LogP contribution in [0, 0.1) is 0 Å². The third-order valence-electron chi connectivity index (χ3n) is 3.82. The fourth-order valence-electron chi connectivity index (χ4n) is 2.61. The Morgan fingerprint density at radius 1 is 1.29 bits per heavy atom. The zero-order valence-electron chi connectivity index (χ0n) is 13.2. The van der Waals surface area contributed by atoms with Gasteiger partial charge in [-0.15, -0.1) is 0 Å². The van der Waals surface area contributed by atoms with Crippen LogP contribution in [0.25, 0.3) is 0 Å². The molecule has 0 saturated carbocycles. The highest BCUT2D eigenvalue weighted by molar-refractivity contribution is 9.10. The van der Waals surface area contributed by atoms with Crippen LogP contribution in [0.15, 0.2) is 47.2 Å². The number of amides is 2. The summed E-state index contributed by atoms with van der Waals surface area (Å²) >= 11 is 3.29. The minimum Gasteiger partial charge on any atom is -0.458 e. The van der Waals surface area contributed by atoms with Crippen LogP contribution in [0.1, 0.15) is 18.4 Å². The number of carbonyl (C=O) groups excluding carboxylic acids is 1. The van der Waals surface area contributed by atoms with Crippen molar-refractivity contribution >= 4 is 22.0 Å². The Kier molecular flexibility index (Phi) is 5.63. The topological polar surface area (TPSA) is 67.4 Å². The van der Waals surface area contributed by atoms with E-state index in [-0.39, 0.29) is 12.1 Å². The van der Waals surface area contributed by atoms with Gasteiger partial charge in [-0.25, -0.2) is 14.8 Å². The quantitative estimate of drug-likeness (QED) is 0.870. The van der Waals surface area contributed by atoms with Crippen molar-refractivity contribution in [2.24, 2.45) is 0 Å². The van der Waals surface area contributed by atoms with Gasteiger partial charge in [0, 0.05) is 25.5 Å². The van der Waals surface area contributed by atoms with Gasteiger partial charge in [0.15, 0.2) is 0 Å². The van der Waals surface area contributed by atoms with Gasteiger partial charge in [0.25, 0.3) is 0 Å². The first-order valence-electron chi connectivity index (χ1n) is 7.91. The second-order valence-electron chi connectivity index (χ2n) is 5.66. The fourth-order valence-corrected chi connectivity index (χ4v) is 2.82. The van der Waals surface area contributed by atoms with E-state index in [4.69, 9.17) is 4.74 Å². The lowest BCUT2D eigenvalue weighted by molar-refractivity contribution is 0.0937. The van der Waals surface area contributed by atoms with E-state index in [1.807, 2.05) is 30.3 Å². The summed E-state index contributed by atoms with van der Waals surface area (Å²) in [6.07, 6.45) is 5.01. The summed E-state index contributed by atoms with van der Waals surface area (Å²) in [6, 6.07) is 10.1. The molecule has 0 radical (unpaired) electrons. The standard InChI is InChI=1S/C17H19BrN4O2/c18-14-10-19-16(20-11-14)24-15-7-4-8-22(12-15)17(23)21-9-13-5-2-1-3-6-13/h1-3,5-6,10-11,15H,4,7-9,12H2,(H,21,23)/t15-/m0/s1. The van der Waals surface area contributed by atoms with Gasteiger partial charge < -0.3 is 15.0 Å². The molecule has 1 fully saturated rings. The van der Waals surface area contributed by atoms with Crippen LogP contribution >= 0.6 is 15.9 Å². The number of rotatable bonds is 4. The van der Waals surface area contributed by atoms with Crippen LogP contribution in [0.4, 0.5) is 4.79 Å². The first-order valence-corrected chi connectivity index (χ1v) is 8.71. The van der Waals surface area contributed by atoms with Gasteiger partial charge in [0.2, 0.25) is 0 Å². The van der Waals surface area contributed by atoms with Crippen LogP contribution in [-0.2, 0) is 6.54 Å². The average Bonchev–Trinajstić information content (AvgIpc) is 2.63. The number of nitrogens with one attached hydrogen (secondary N) is 1. The number of ether oxygens (including phenoxy) is 1. The van der Waals surface area contributed by atoms with E-state index >= 15 is 0 Å². The summed E-state index contributed by atoms with van der Waals surface area (Å²) in [5.74, 6) is 0. The number of hydrogen-bond donors (Lipinski definition) is 1. The SMILES string of the molecule is O=C(NCc1ccccc1)N1CCC[C@H](Oc2ncc(Br)cn2)C1. The predicted octanol–water partition coefficient (Wildman–Crippen LogP) is 2.99. The molecule has 24 heavy (non-hydrogen) atoms. The molecular weight excluding hydrogens is 372 g/mol. The summed E-state index contributed by atoms with van der Waals surface area (Å²) in [4.78, 5) is 22.4. The monoisotopic (exact) mass is 390 g/mol. The molecule has 0 bridgehead atoms. The average molecular weight is 391 g/mol. The van der Waals surface area contributed by atoms with E-state index in [1.165, 1.54) is 0 Å². The van der Waals surface area contributed by atoms with Crippen molar-refractivity contribution in [2.45, 2.75) is 25.5 Å². The Morgan fingerprint density at radius 3 is 2.79 bits per heavy atom. The molecule has 2 amide bonds. The van der Waals surface area contributed by atoms with Crippen molar-refractivity contribution in [1.82, 2.24) is 20.2 Å². The molecule has 0 unspecified atom stereocenters. The summed E-state index contributed by atoms with van der Waals surface area (Å²) < 4.78 is 6.59. The lowest BCUT2D eigenvalue weighted by Gasteiger charge is -2.32. The predicted molar refractivity (Wildman–Crippen MR) is 93.6 cm³/mol. The summed E-state index contributed by atoms with van der Waals surface area (Å²) in [5, 5.41) is 2.95. The summed E-state index contributed by atoms with van der Waals surface area (Å²) in [5.41, 5.74) is 1.08. The van der Waals surface area contributed by atoms with E-state index < -0.39 is 0 Å². The number of halogens is 1. The van der Waals surface area contributed by atoms with Crippen LogP contribution in [0.2, 0.25) is 0 Å². The molecule has 6 nitrogen and oxygen atoms in total. The normalized spacial score (nSPS) is 17.4. The molecule has 126 valence electrons. The van der Waals surface area contributed by atoms with Crippen LogP contribution in [0.3, 0.4) is 0 Å². The maximum atomic E-state index is 12.3. The number of benzene rings is 1. The molecular formula is C17H19BrN4O2. The van der Waals surface area contributed by atoms with Crippen molar-refractivity contribution in [2.75, 3.05) is 13.1 Å². The lowest BCUT2D eigenvalue weighted by atomic mass is 10.1. The van der Waals surface area contributed by atoms with Gasteiger partial charge in [-0.2, -0.15) is 0 Å². The third kappa shape index (κ3) is 4.67. The van der Waals surface area contributed by atoms with E-state index in [9.17, 15) is 4.79 Å². The molecule has 1 saturated heterocycles. The van der Waals surface area contributed by atoms with E-state index in [1.54, 1.807) is 17.3 Å². The van der Waals surface area contributed by atoms with Crippen molar-refractivity contribution in [1.29, 1.82) is 0 Å². The Labute approximate surface area is 149 Å². The van der Waals surface area contributed by atoms with Gasteiger partial charge in [0.1, 0.15) is 6.10 Å². The second kappa shape index (κ2) is 8.10. The Hall–Kier alpha value is -2.15. The molecule has 2 heterocycles. The Morgan fingerprint density at radius 2 is 2.04 bits per heavy atom. The number of aromatic nitrogens is 2. The minimum absolute atomic E-state index is 0.0659. The van der Waals surface area contributed by atoms with Gasteiger partial charge in [0.05, 0.1) is 11.0 Å². The molecule has 1 N–H and O–H groups in total. The maximum Gasteiger partial charge on any atom is 0.317 e. The molecule has 2 aromatic rings. The third-order valence-corrected chi connectivity index (χ3v) is 4.23. The lowest BCUT2D eigenvalue weighted by Crippen LogP contribution is -2.48. The van der Waals surface area contributed by atoms with Crippen molar-refractivity contribution < 1.29 is 9.53 Å². The first kappa shape index (κ1) is 16.7. The second-order valence-corrected chi connectivity index (χ2v) is 6.57. The number of carbonyl (C=O) groups is 1. The molecule has 1 aromatic carbocycles. The van der Waals surface area contributed by atoms with Crippen molar-refractivity contribution in [3.8, 4) is 6.01 Å². The number of nitrogens with zero attached hydrogens (tertiary/aromatic N) is 3. The molecule has 1 aliphatic rings. The van der Waals surface area contributed by atoms with Crippen molar-refractivity contribution in [3.05, 3.63) is 52.8 Å². The van der Waals surface area contributed by atoms with E-state index in [0.717, 1.165) is 29.4 Å². The zero-order valence-corrected chi connectivity index (χ0v) is 14.8. The molecule has 1 aromatic heterocycles.